The third-order valence-electron chi connectivity index (χ3n) is 2.58. The molecule has 1 aromatic heterocycles. The quantitative estimate of drug-likeness (QED) is 0.826. The molecule has 2 rings (SSSR count). The minimum absolute atomic E-state index is 0.431. The van der Waals surface area contributed by atoms with Crippen molar-refractivity contribution in [2.45, 2.75) is 6.92 Å². The van der Waals surface area contributed by atoms with Gasteiger partial charge in [-0.05, 0) is 12.1 Å². The number of ether oxygens (including phenoxy) is 2. The molecule has 0 atom stereocenters. The Hall–Kier alpha value is -2.50. The van der Waals surface area contributed by atoms with Gasteiger partial charge in [-0.25, -0.2) is 4.79 Å². The van der Waals surface area contributed by atoms with Gasteiger partial charge in [0.25, 0.3) is 5.56 Å². The summed E-state index contributed by atoms with van der Waals surface area (Å²) in [4.78, 5) is 27.7. The molecule has 6 heteroatoms. The van der Waals surface area contributed by atoms with E-state index in [4.69, 9.17) is 14.3 Å². The second-order valence-electron chi connectivity index (χ2n) is 3.81. The van der Waals surface area contributed by atoms with Gasteiger partial charge in [-0.15, -0.1) is 4.73 Å². The van der Waals surface area contributed by atoms with Gasteiger partial charge in [-0.1, -0.05) is 0 Å². The standard InChI is InChI=1S/C13H13NO5/c1-8(15)19-14-10-7-12(18-3)11(17-2)6-9(10)4-5-13(14)16/h4-7H,1-3H3. The molecule has 0 radical (unpaired) electrons. The van der Waals surface area contributed by atoms with Crippen LogP contribution in [0.1, 0.15) is 6.92 Å². The van der Waals surface area contributed by atoms with Crippen LogP contribution in [0.2, 0.25) is 0 Å². The van der Waals surface area contributed by atoms with Gasteiger partial charge in [0.15, 0.2) is 11.5 Å². The minimum Gasteiger partial charge on any atom is -0.493 e. The van der Waals surface area contributed by atoms with E-state index in [1.807, 2.05) is 0 Å². The van der Waals surface area contributed by atoms with Gasteiger partial charge in [-0.3, -0.25) is 4.79 Å². The van der Waals surface area contributed by atoms with Crippen molar-refractivity contribution in [3.63, 3.8) is 0 Å². The summed E-state index contributed by atoms with van der Waals surface area (Å²) in [6.07, 6.45) is 0. The van der Waals surface area contributed by atoms with Crippen LogP contribution in [-0.2, 0) is 4.79 Å². The maximum Gasteiger partial charge on any atom is 0.330 e. The SMILES string of the molecule is COc1cc2ccc(=O)n(OC(C)=O)c2cc1OC. The van der Waals surface area contributed by atoms with Crippen molar-refractivity contribution in [1.82, 2.24) is 4.73 Å². The number of nitrogens with zero attached hydrogens (tertiary/aromatic N) is 1. The molecule has 1 aromatic carbocycles. The number of benzene rings is 1. The lowest BCUT2D eigenvalue weighted by atomic mass is 10.2. The predicted octanol–water partition coefficient (Wildman–Crippen LogP) is 0.994. The first-order valence-electron chi connectivity index (χ1n) is 5.53. The van der Waals surface area contributed by atoms with Crippen molar-refractivity contribution in [3.05, 3.63) is 34.6 Å². The monoisotopic (exact) mass is 263 g/mol. The van der Waals surface area contributed by atoms with E-state index in [1.54, 1.807) is 18.2 Å². The van der Waals surface area contributed by atoms with Gasteiger partial charge in [0.05, 0.1) is 19.7 Å². The number of carbonyl (C=O) groups is 1. The van der Waals surface area contributed by atoms with Crippen LogP contribution in [0.15, 0.2) is 29.1 Å². The Bertz CT molecular complexity index is 689. The van der Waals surface area contributed by atoms with Crippen LogP contribution in [0.5, 0.6) is 11.5 Å². The molecule has 0 amide bonds. The highest BCUT2D eigenvalue weighted by molar-refractivity contribution is 5.83. The highest BCUT2D eigenvalue weighted by Gasteiger charge is 2.11. The predicted molar refractivity (Wildman–Crippen MR) is 68.6 cm³/mol. The van der Waals surface area contributed by atoms with Gasteiger partial charge >= 0.3 is 5.97 Å². The molecule has 6 nitrogen and oxygen atoms in total. The van der Waals surface area contributed by atoms with Gasteiger partial charge in [-0.2, -0.15) is 0 Å². The Morgan fingerprint density at radius 1 is 1.11 bits per heavy atom. The first kappa shape index (κ1) is 12.9. The number of methoxy groups -OCH3 is 2. The third kappa shape index (κ3) is 2.37. The Labute approximate surface area is 109 Å². The van der Waals surface area contributed by atoms with E-state index in [1.165, 1.54) is 27.2 Å². The number of carbonyl (C=O) groups excluding carboxylic acids is 1. The lowest BCUT2D eigenvalue weighted by Crippen LogP contribution is -2.29. The van der Waals surface area contributed by atoms with Gasteiger partial charge in [0.2, 0.25) is 0 Å². The molecule has 0 aliphatic carbocycles. The first-order chi connectivity index (χ1) is 9.06. The molecule has 2 aromatic rings. The van der Waals surface area contributed by atoms with Crippen molar-refractivity contribution < 1.29 is 19.1 Å². The molecule has 100 valence electrons. The molecule has 0 bridgehead atoms. The van der Waals surface area contributed by atoms with Crippen LogP contribution in [0.25, 0.3) is 10.9 Å². The molecule has 0 spiro atoms. The van der Waals surface area contributed by atoms with Crippen LogP contribution in [0, 0.1) is 0 Å². The fourth-order valence-electron chi connectivity index (χ4n) is 1.76. The van der Waals surface area contributed by atoms with Crippen LogP contribution in [0.3, 0.4) is 0 Å². The van der Waals surface area contributed by atoms with E-state index in [2.05, 4.69) is 0 Å². The van der Waals surface area contributed by atoms with E-state index < -0.39 is 11.5 Å². The van der Waals surface area contributed by atoms with Crippen molar-refractivity contribution >= 4 is 16.9 Å². The molecule has 0 fully saturated rings. The van der Waals surface area contributed by atoms with Crippen molar-refractivity contribution in [2.24, 2.45) is 0 Å². The zero-order valence-electron chi connectivity index (χ0n) is 10.8. The number of aromatic nitrogens is 1. The maximum atomic E-state index is 11.7. The van der Waals surface area contributed by atoms with Crippen molar-refractivity contribution in [3.8, 4) is 11.5 Å². The second-order valence-corrected chi connectivity index (χ2v) is 3.81. The summed E-state index contributed by atoms with van der Waals surface area (Å²) < 4.78 is 11.3. The molecule has 0 saturated carbocycles. The highest BCUT2D eigenvalue weighted by atomic mass is 16.7. The Morgan fingerprint density at radius 2 is 1.74 bits per heavy atom. The van der Waals surface area contributed by atoms with Crippen LogP contribution in [0.4, 0.5) is 0 Å². The molecular formula is C13H13NO5. The molecule has 0 N–H and O–H groups in total. The van der Waals surface area contributed by atoms with Crippen LogP contribution >= 0.6 is 0 Å². The van der Waals surface area contributed by atoms with Gasteiger partial charge in [0.1, 0.15) is 0 Å². The molecule has 0 unspecified atom stereocenters. The van der Waals surface area contributed by atoms with Gasteiger partial charge in [0, 0.05) is 24.4 Å². The lowest BCUT2D eigenvalue weighted by molar-refractivity contribution is -0.141. The largest absolute Gasteiger partial charge is 0.493 e. The van der Waals surface area contributed by atoms with Gasteiger partial charge < -0.3 is 14.3 Å². The zero-order chi connectivity index (χ0) is 14.0. The Kier molecular flexibility index (Phi) is 3.41. The van der Waals surface area contributed by atoms with E-state index in [0.717, 1.165) is 4.73 Å². The smallest absolute Gasteiger partial charge is 0.330 e. The van der Waals surface area contributed by atoms with E-state index in [9.17, 15) is 9.59 Å². The molecule has 0 aliphatic heterocycles. The zero-order valence-corrected chi connectivity index (χ0v) is 10.8. The number of fused-ring (bicyclic) bond motifs is 1. The number of hydrogen-bond acceptors (Lipinski definition) is 5. The molecule has 0 saturated heterocycles. The third-order valence-corrected chi connectivity index (χ3v) is 2.58. The summed E-state index contributed by atoms with van der Waals surface area (Å²) in [6.45, 7) is 1.23. The molecule has 1 heterocycles. The highest BCUT2D eigenvalue weighted by Crippen LogP contribution is 2.31. The molecule has 0 aliphatic rings. The summed E-state index contributed by atoms with van der Waals surface area (Å²) in [5.41, 5.74) is -0.00438. The fraction of sp³-hybridized carbons (Fsp3) is 0.231. The number of rotatable bonds is 3. The maximum absolute atomic E-state index is 11.7. The Morgan fingerprint density at radius 3 is 2.32 bits per heavy atom. The Balaban J connectivity index is 2.76. The summed E-state index contributed by atoms with van der Waals surface area (Å²) in [6, 6.07) is 6.23. The summed E-state index contributed by atoms with van der Waals surface area (Å²) in [7, 11) is 3.01. The lowest BCUT2D eigenvalue weighted by Gasteiger charge is -2.12. The van der Waals surface area contributed by atoms with E-state index in [0.29, 0.717) is 22.4 Å². The average molecular weight is 263 g/mol. The van der Waals surface area contributed by atoms with Crippen molar-refractivity contribution in [1.29, 1.82) is 0 Å². The average Bonchev–Trinajstić information content (AvgIpc) is 2.40. The van der Waals surface area contributed by atoms with Crippen LogP contribution in [-0.4, -0.2) is 24.9 Å². The normalized spacial score (nSPS) is 10.3. The molecular weight excluding hydrogens is 250 g/mol. The van der Waals surface area contributed by atoms with Crippen molar-refractivity contribution in [2.75, 3.05) is 14.2 Å². The number of hydrogen-bond donors (Lipinski definition) is 0. The second kappa shape index (κ2) is 5.01. The fourth-order valence-corrected chi connectivity index (χ4v) is 1.76. The van der Waals surface area contributed by atoms with Crippen LogP contribution < -0.4 is 19.9 Å². The summed E-state index contributed by atoms with van der Waals surface area (Å²) in [5, 5.41) is 0.693. The topological polar surface area (TPSA) is 66.8 Å². The summed E-state index contributed by atoms with van der Waals surface area (Å²) in [5.74, 6) is 0.397. The minimum atomic E-state index is -0.579. The first-order valence-corrected chi connectivity index (χ1v) is 5.53. The van der Waals surface area contributed by atoms with E-state index in [-0.39, 0.29) is 0 Å². The molecule has 19 heavy (non-hydrogen) atoms. The van der Waals surface area contributed by atoms with E-state index >= 15 is 0 Å². The summed E-state index contributed by atoms with van der Waals surface area (Å²) >= 11 is 0. The number of pyridine rings is 1.